The molecule has 3 heterocycles. The van der Waals surface area contributed by atoms with Crippen molar-refractivity contribution in [3.8, 4) is 5.75 Å². The molecule has 0 bridgehead atoms. The zero-order valence-corrected chi connectivity index (χ0v) is 16.2. The van der Waals surface area contributed by atoms with E-state index in [0.717, 1.165) is 0 Å². The third kappa shape index (κ3) is 4.03. The van der Waals surface area contributed by atoms with Crippen LogP contribution in [0, 0.1) is 0 Å². The Morgan fingerprint density at radius 3 is 2.66 bits per heavy atom. The number of nitrogens with zero attached hydrogens (tertiary/aromatic N) is 2. The van der Waals surface area contributed by atoms with Crippen LogP contribution in [0.1, 0.15) is 5.76 Å². The summed E-state index contributed by atoms with van der Waals surface area (Å²) in [5.41, 5.74) is 0.333. The van der Waals surface area contributed by atoms with Crippen LogP contribution in [0.15, 0.2) is 52.0 Å². The largest absolute Gasteiger partial charge is 0.482 e. The maximum absolute atomic E-state index is 13.0. The second-order valence-electron chi connectivity index (χ2n) is 6.57. The smallest absolute Gasteiger partial charge is 0.262 e. The summed E-state index contributed by atoms with van der Waals surface area (Å²) in [6.45, 7) is 0.839. The number of piperazine rings is 1. The molecule has 1 N–H and O–H groups in total. The first-order valence-corrected chi connectivity index (χ1v) is 10.4. The molecule has 2 amide bonds. The van der Waals surface area contributed by atoms with Gasteiger partial charge in [0.05, 0.1) is 16.8 Å². The number of ether oxygens (including phenoxy) is 1. The van der Waals surface area contributed by atoms with Crippen LogP contribution in [0.25, 0.3) is 6.08 Å². The van der Waals surface area contributed by atoms with E-state index in [2.05, 4.69) is 5.32 Å². The molecular weight excluding hydrogens is 398 g/mol. The van der Waals surface area contributed by atoms with Gasteiger partial charge in [0.1, 0.15) is 11.5 Å². The normalized spacial score (nSPS) is 17.7. The van der Waals surface area contributed by atoms with Gasteiger partial charge < -0.3 is 19.4 Å². The second-order valence-corrected chi connectivity index (χ2v) is 8.51. The Hall–Kier alpha value is -3.11. The van der Waals surface area contributed by atoms with Crippen LogP contribution in [-0.4, -0.2) is 62.2 Å². The second kappa shape index (κ2) is 7.72. The van der Waals surface area contributed by atoms with Gasteiger partial charge in [0.15, 0.2) is 6.61 Å². The minimum absolute atomic E-state index is 0.0690. The first-order valence-electron chi connectivity index (χ1n) is 9.01. The van der Waals surface area contributed by atoms with Crippen LogP contribution in [0.5, 0.6) is 5.75 Å². The Kier molecular flexibility index (Phi) is 5.12. The van der Waals surface area contributed by atoms with Gasteiger partial charge in [-0.1, -0.05) is 0 Å². The first kappa shape index (κ1) is 19.2. The van der Waals surface area contributed by atoms with Crippen LogP contribution >= 0.6 is 0 Å². The van der Waals surface area contributed by atoms with E-state index in [9.17, 15) is 18.0 Å². The minimum Gasteiger partial charge on any atom is -0.482 e. The number of amides is 2. The lowest BCUT2D eigenvalue weighted by Gasteiger charge is -2.33. The van der Waals surface area contributed by atoms with Crippen molar-refractivity contribution < 1.29 is 27.2 Å². The van der Waals surface area contributed by atoms with Crippen LogP contribution in [0.4, 0.5) is 5.69 Å². The van der Waals surface area contributed by atoms with Crippen molar-refractivity contribution >= 4 is 33.6 Å². The lowest BCUT2D eigenvalue weighted by molar-refractivity contribution is -0.127. The van der Waals surface area contributed by atoms with Gasteiger partial charge in [-0.25, -0.2) is 8.42 Å². The van der Waals surface area contributed by atoms with E-state index in [1.165, 1.54) is 34.8 Å². The summed E-state index contributed by atoms with van der Waals surface area (Å²) < 4.78 is 37.7. The van der Waals surface area contributed by atoms with E-state index < -0.39 is 10.0 Å². The minimum atomic E-state index is -3.75. The summed E-state index contributed by atoms with van der Waals surface area (Å²) in [6, 6.07) is 7.84. The Morgan fingerprint density at radius 2 is 1.93 bits per heavy atom. The first-order chi connectivity index (χ1) is 13.9. The third-order valence-corrected chi connectivity index (χ3v) is 6.60. The fraction of sp³-hybridized carbons (Fsp3) is 0.263. The van der Waals surface area contributed by atoms with E-state index in [4.69, 9.17) is 9.15 Å². The number of hydrogen-bond donors (Lipinski definition) is 1. The molecule has 0 saturated carbocycles. The fourth-order valence-corrected chi connectivity index (χ4v) is 4.61. The highest BCUT2D eigenvalue weighted by molar-refractivity contribution is 7.89. The van der Waals surface area contributed by atoms with Gasteiger partial charge in [-0.15, -0.1) is 0 Å². The van der Waals surface area contributed by atoms with E-state index in [1.54, 1.807) is 23.1 Å². The molecule has 29 heavy (non-hydrogen) atoms. The Bertz CT molecular complexity index is 1050. The Balaban J connectivity index is 1.42. The number of carbonyl (C=O) groups is 2. The molecule has 1 aromatic carbocycles. The van der Waals surface area contributed by atoms with Crippen molar-refractivity contribution in [2.75, 3.05) is 38.1 Å². The van der Waals surface area contributed by atoms with Crippen molar-refractivity contribution in [3.05, 3.63) is 48.4 Å². The topological polar surface area (TPSA) is 109 Å². The number of fused-ring (bicyclic) bond motifs is 1. The highest BCUT2D eigenvalue weighted by Gasteiger charge is 2.30. The molecule has 0 spiro atoms. The predicted molar refractivity (Wildman–Crippen MR) is 104 cm³/mol. The Labute approximate surface area is 167 Å². The molecule has 1 saturated heterocycles. The van der Waals surface area contributed by atoms with Gasteiger partial charge in [-0.05, 0) is 36.4 Å². The van der Waals surface area contributed by atoms with E-state index in [-0.39, 0.29) is 49.5 Å². The van der Waals surface area contributed by atoms with Gasteiger partial charge in [0, 0.05) is 32.3 Å². The quantitative estimate of drug-likeness (QED) is 0.748. The van der Waals surface area contributed by atoms with Crippen molar-refractivity contribution in [1.82, 2.24) is 9.21 Å². The SMILES string of the molecule is O=C1COc2ccc(S(=O)(=O)N3CCN(C(=O)/C=C/c4ccco4)CC3)cc2N1. The molecule has 0 radical (unpaired) electrons. The lowest BCUT2D eigenvalue weighted by Crippen LogP contribution is -2.50. The molecule has 0 atom stereocenters. The highest BCUT2D eigenvalue weighted by atomic mass is 32.2. The maximum atomic E-state index is 13.0. The number of carbonyl (C=O) groups excluding carboxylic acids is 2. The molecule has 4 rings (SSSR count). The monoisotopic (exact) mass is 417 g/mol. The Morgan fingerprint density at radius 1 is 1.14 bits per heavy atom. The summed E-state index contributed by atoms with van der Waals surface area (Å²) in [7, 11) is -3.75. The van der Waals surface area contributed by atoms with Gasteiger partial charge in [0.2, 0.25) is 15.9 Å². The molecule has 0 unspecified atom stereocenters. The van der Waals surface area contributed by atoms with Gasteiger partial charge in [0.25, 0.3) is 5.91 Å². The summed E-state index contributed by atoms with van der Waals surface area (Å²) in [4.78, 5) is 25.4. The molecule has 0 aliphatic carbocycles. The summed E-state index contributed by atoms with van der Waals surface area (Å²) in [6.07, 6.45) is 4.51. The fourth-order valence-electron chi connectivity index (χ4n) is 3.17. The van der Waals surface area contributed by atoms with Crippen LogP contribution in [0.2, 0.25) is 0 Å². The molecule has 1 aromatic heterocycles. The molecule has 2 aromatic rings. The van der Waals surface area contributed by atoms with Gasteiger partial charge in [-0.3, -0.25) is 9.59 Å². The van der Waals surface area contributed by atoms with Crippen LogP contribution < -0.4 is 10.1 Å². The zero-order chi connectivity index (χ0) is 20.4. The van der Waals surface area contributed by atoms with Crippen molar-refractivity contribution in [2.45, 2.75) is 4.90 Å². The maximum Gasteiger partial charge on any atom is 0.262 e. The summed E-state index contributed by atoms with van der Waals surface area (Å²) in [5, 5.41) is 2.61. The molecular formula is C19H19N3O6S. The molecule has 2 aliphatic rings. The average molecular weight is 417 g/mol. The van der Waals surface area contributed by atoms with Crippen LogP contribution in [0.3, 0.4) is 0 Å². The van der Waals surface area contributed by atoms with Crippen molar-refractivity contribution in [1.29, 1.82) is 0 Å². The number of hydrogen-bond acceptors (Lipinski definition) is 6. The third-order valence-electron chi connectivity index (χ3n) is 4.71. The molecule has 1 fully saturated rings. The zero-order valence-electron chi connectivity index (χ0n) is 15.4. The standard InChI is InChI=1S/C19H19N3O6S/c23-18-13-28-17-5-4-15(12-16(17)20-18)29(25,26)22-9-7-21(8-10-22)19(24)6-3-14-2-1-11-27-14/h1-6,11-12H,7-10,13H2,(H,20,23)/b6-3+. The van der Waals surface area contributed by atoms with Crippen LogP contribution in [-0.2, 0) is 19.6 Å². The number of furan rings is 1. The number of sulfonamides is 1. The van der Waals surface area contributed by atoms with Crippen molar-refractivity contribution in [3.63, 3.8) is 0 Å². The van der Waals surface area contributed by atoms with E-state index >= 15 is 0 Å². The molecule has 10 heteroatoms. The highest BCUT2D eigenvalue weighted by Crippen LogP contribution is 2.31. The predicted octanol–water partition coefficient (Wildman–Crippen LogP) is 1.16. The number of rotatable bonds is 4. The van der Waals surface area contributed by atoms with Gasteiger partial charge in [-0.2, -0.15) is 4.31 Å². The number of nitrogens with one attached hydrogen (secondary N) is 1. The van der Waals surface area contributed by atoms with E-state index in [0.29, 0.717) is 17.2 Å². The van der Waals surface area contributed by atoms with E-state index in [1.807, 2.05) is 0 Å². The number of anilines is 1. The summed E-state index contributed by atoms with van der Waals surface area (Å²) >= 11 is 0. The average Bonchev–Trinajstić information content (AvgIpc) is 3.25. The lowest BCUT2D eigenvalue weighted by atomic mass is 10.2. The molecule has 152 valence electrons. The summed E-state index contributed by atoms with van der Waals surface area (Å²) in [5.74, 6) is 0.472. The number of benzene rings is 1. The molecule has 2 aliphatic heterocycles. The van der Waals surface area contributed by atoms with Gasteiger partial charge >= 0.3 is 0 Å². The molecule has 9 nitrogen and oxygen atoms in total. The van der Waals surface area contributed by atoms with Crippen molar-refractivity contribution in [2.24, 2.45) is 0 Å².